The number of amides is 1. The zero-order valence-corrected chi connectivity index (χ0v) is 16.3. The third kappa shape index (κ3) is 4.25. The molecule has 1 saturated heterocycles. The van der Waals surface area contributed by atoms with E-state index in [-0.39, 0.29) is 11.6 Å². The lowest BCUT2D eigenvalue weighted by atomic mass is 10.1. The number of nitro groups is 1. The molecule has 0 spiro atoms. The van der Waals surface area contributed by atoms with Gasteiger partial charge in [-0.2, -0.15) is 0 Å². The molecule has 0 unspecified atom stereocenters. The Morgan fingerprint density at radius 2 is 1.77 bits per heavy atom. The molecule has 2 heterocycles. The van der Waals surface area contributed by atoms with Crippen molar-refractivity contribution in [3.63, 3.8) is 0 Å². The van der Waals surface area contributed by atoms with Crippen molar-refractivity contribution in [3.05, 3.63) is 82.6 Å². The number of hydrogen-bond acceptors (Lipinski definition) is 5. The molecule has 1 aromatic heterocycles. The maximum absolute atomic E-state index is 12.4. The number of carbonyl (C=O) groups excluding carboxylic acids is 1. The summed E-state index contributed by atoms with van der Waals surface area (Å²) in [6.45, 7) is 1.98. The number of nitrogens with one attached hydrogen (secondary N) is 1. The molecule has 0 atom stereocenters. The number of nitrogens with zero attached hydrogens (tertiary/aromatic N) is 2. The first-order valence-electron chi connectivity index (χ1n) is 9.78. The number of rotatable bonds is 6. The number of hydrogen-bond donors (Lipinski definition) is 1. The van der Waals surface area contributed by atoms with Crippen LogP contribution in [-0.2, 0) is 4.79 Å². The van der Waals surface area contributed by atoms with E-state index in [4.69, 9.17) is 4.42 Å². The highest BCUT2D eigenvalue weighted by Gasteiger charge is 2.17. The number of carbonyl (C=O) groups is 1. The molecule has 0 aliphatic carbocycles. The van der Waals surface area contributed by atoms with Crippen molar-refractivity contribution in [2.45, 2.75) is 12.8 Å². The van der Waals surface area contributed by atoms with E-state index in [9.17, 15) is 14.9 Å². The summed E-state index contributed by atoms with van der Waals surface area (Å²) in [6, 6.07) is 17.5. The summed E-state index contributed by atoms with van der Waals surface area (Å²) >= 11 is 0. The fraction of sp³-hybridized carbons (Fsp3) is 0.174. The minimum atomic E-state index is -0.446. The number of nitro benzene ring substituents is 1. The average molecular weight is 403 g/mol. The number of para-hydroxylation sites is 3. The van der Waals surface area contributed by atoms with E-state index in [0.717, 1.165) is 37.3 Å². The van der Waals surface area contributed by atoms with Gasteiger partial charge in [-0.3, -0.25) is 14.9 Å². The predicted molar refractivity (Wildman–Crippen MR) is 116 cm³/mol. The normalized spacial score (nSPS) is 13.7. The van der Waals surface area contributed by atoms with E-state index in [1.54, 1.807) is 36.4 Å². The van der Waals surface area contributed by atoms with Crippen molar-refractivity contribution >= 4 is 29.0 Å². The van der Waals surface area contributed by atoms with Crippen LogP contribution in [0.15, 0.2) is 71.2 Å². The van der Waals surface area contributed by atoms with Gasteiger partial charge in [0.15, 0.2) is 0 Å². The lowest BCUT2D eigenvalue weighted by molar-refractivity contribution is -0.384. The maximum atomic E-state index is 12.4. The standard InChI is InChI=1S/C23H21N3O4/c27-23(24-19-8-2-4-10-21(19)25-15-5-6-16-25)14-12-17-11-13-22(30-17)18-7-1-3-9-20(18)26(28)29/h1-4,7-14H,5-6,15-16H2,(H,24,27)/b14-12+. The fourth-order valence-corrected chi connectivity index (χ4v) is 3.57. The van der Waals surface area contributed by atoms with Gasteiger partial charge >= 0.3 is 0 Å². The largest absolute Gasteiger partial charge is 0.456 e. The van der Waals surface area contributed by atoms with E-state index in [1.165, 1.54) is 12.1 Å². The third-order valence-electron chi connectivity index (χ3n) is 5.00. The fourth-order valence-electron chi connectivity index (χ4n) is 3.57. The van der Waals surface area contributed by atoms with Crippen LogP contribution in [0.5, 0.6) is 0 Å². The van der Waals surface area contributed by atoms with E-state index in [0.29, 0.717) is 17.1 Å². The lowest BCUT2D eigenvalue weighted by Gasteiger charge is -2.21. The zero-order valence-electron chi connectivity index (χ0n) is 16.3. The smallest absolute Gasteiger partial charge is 0.280 e. The second-order valence-electron chi connectivity index (χ2n) is 7.01. The van der Waals surface area contributed by atoms with Crippen molar-refractivity contribution in [3.8, 4) is 11.3 Å². The first-order valence-corrected chi connectivity index (χ1v) is 9.78. The van der Waals surface area contributed by atoms with Gasteiger partial charge in [0.05, 0.1) is 21.9 Å². The molecule has 3 aromatic rings. The average Bonchev–Trinajstić information content (AvgIpc) is 3.45. The Kier molecular flexibility index (Phi) is 5.61. The molecule has 4 rings (SSSR count). The molecule has 30 heavy (non-hydrogen) atoms. The van der Waals surface area contributed by atoms with Crippen molar-refractivity contribution in [1.82, 2.24) is 0 Å². The molecule has 152 valence electrons. The van der Waals surface area contributed by atoms with Gasteiger partial charge in [-0.15, -0.1) is 0 Å². The minimum absolute atomic E-state index is 0.0290. The summed E-state index contributed by atoms with van der Waals surface area (Å²) < 4.78 is 5.69. The highest BCUT2D eigenvalue weighted by atomic mass is 16.6. The van der Waals surface area contributed by atoms with Crippen LogP contribution < -0.4 is 10.2 Å². The molecule has 2 aromatic carbocycles. The van der Waals surface area contributed by atoms with Gasteiger partial charge in [-0.25, -0.2) is 0 Å². The van der Waals surface area contributed by atoms with Crippen LogP contribution in [0.2, 0.25) is 0 Å². The Morgan fingerprint density at radius 1 is 1.03 bits per heavy atom. The van der Waals surface area contributed by atoms with Crippen LogP contribution in [-0.4, -0.2) is 23.9 Å². The van der Waals surface area contributed by atoms with Crippen LogP contribution in [0.25, 0.3) is 17.4 Å². The molecular weight excluding hydrogens is 382 g/mol. The number of benzene rings is 2. The first kappa shape index (κ1) is 19.4. The van der Waals surface area contributed by atoms with Crippen LogP contribution in [0.3, 0.4) is 0 Å². The summed E-state index contributed by atoms with van der Waals surface area (Å²) in [5, 5.41) is 14.1. The Hall–Kier alpha value is -3.87. The van der Waals surface area contributed by atoms with Gasteiger partial charge in [0.25, 0.3) is 5.69 Å². The third-order valence-corrected chi connectivity index (χ3v) is 5.00. The maximum Gasteiger partial charge on any atom is 0.280 e. The molecule has 7 heteroatoms. The van der Waals surface area contributed by atoms with Crippen LogP contribution >= 0.6 is 0 Å². The highest BCUT2D eigenvalue weighted by Crippen LogP contribution is 2.31. The van der Waals surface area contributed by atoms with Crippen LogP contribution in [0.1, 0.15) is 18.6 Å². The second kappa shape index (κ2) is 8.65. The quantitative estimate of drug-likeness (QED) is 0.351. The van der Waals surface area contributed by atoms with E-state index in [1.807, 2.05) is 24.3 Å². The zero-order chi connectivity index (χ0) is 20.9. The second-order valence-corrected chi connectivity index (χ2v) is 7.01. The molecule has 1 N–H and O–H groups in total. The van der Waals surface area contributed by atoms with E-state index in [2.05, 4.69) is 10.2 Å². The van der Waals surface area contributed by atoms with Gasteiger partial charge in [0, 0.05) is 25.2 Å². The summed E-state index contributed by atoms with van der Waals surface area (Å²) in [5.41, 5.74) is 2.16. The van der Waals surface area contributed by atoms with Crippen molar-refractivity contribution in [2.75, 3.05) is 23.3 Å². The van der Waals surface area contributed by atoms with Gasteiger partial charge in [0.1, 0.15) is 11.5 Å². The highest BCUT2D eigenvalue weighted by molar-refractivity contribution is 6.03. The number of anilines is 2. The predicted octanol–water partition coefficient (Wildman–Crippen LogP) is 5.11. The number of furan rings is 1. The lowest BCUT2D eigenvalue weighted by Crippen LogP contribution is -2.20. The van der Waals surface area contributed by atoms with E-state index >= 15 is 0 Å². The van der Waals surface area contributed by atoms with Gasteiger partial charge < -0.3 is 14.6 Å². The molecule has 0 saturated carbocycles. The first-order chi connectivity index (χ1) is 14.6. The summed E-state index contributed by atoms with van der Waals surface area (Å²) in [4.78, 5) is 25.5. The molecular formula is C23H21N3O4. The van der Waals surface area contributed by atoms with Gasteiger partial charge in [0.2, 0.25) is 5.91 Å². The minimum Gasteiger partial charge on any atom is -0.456 e. The van der Waals surface area contributed by atoms with E-state index < -0.39 is 4.92 Å². The van der Waals surface area contributed by atoms with Crippen LogP contribution in [0, 0.1) is 10.1 Å². The van der Waals surface area contributed by atoms with Crippen molar-refractivity contribution < 1.29 is 14.1 Å². The van der Waals surface area contributed by atoms with Crippen molar-refractivity contribution in [2.24, 2.45) is 0 Å². The SMILES string of the molecule is O=C(/C=C/c1ccc(-c2ccccc2[N+](=O)[O-])o1)Nc1ccccc1N1CCCC1. The Labute approximate surface area is 173 Å². The molecule has 1 aliphatic rings. The summed E-state index contributed by atoms with van der Waals surface area (Å²) in [6.07, 6.45) is 5.25. The van der Waals surface area contributed by atoms with Crippen LogP contribution in [0.4, 0.5) is 17.1 Å². The van der Waals surface area contributed by atoms with Gasteiger partial charge in [-0.05, 0) is 49.2 Å². The topological polar surface area (TPSA) is 88.6 Å². The Bertz CT molecular complexity index is 1100. The molecule has 1 fully saturated rings. The molecule has 0 radical (unpaired) electrons. The Morgan fingerprint density at radius 3 is 2.57 bits per heavy atom. The molecule has 0 bridgehead atoms. The molecule has 7 nitrogen and oxygen atoms in total. The molecule has 1 aliphatic heterocycles. The summed E-state index contributed by atoms with van der Waals surface area (Å²) in [5.74, 6) is 0.540. The van der Waals surface area contributed by atoms with Crippen molar-refractivity contribution in [1.29, 1.82) is 0 Å². The van der Waals surface area contributed by atoms with Gasteiger partial charge in [-0.1, -0.05) is 24.3 Å². The summed E-state index contributed by atoms with van der Waals surface area (Å²) in [7, 11) is 0. The Balaban J connectivity index is 1.47. The molecule has 1 amide bonds. The monoisotopic (exact) mass is 403 g/mol.